The van der Waals surface area contributed by atoms with Crippen molar-refractivity contribution in [3.05, 3.63) is 34.0 Å². The van der Waals surface area contributed by atoms with Gasteiger partial charge in [-0.05, 0) is 42.7 Å². The van der Waals surface area contributed by atoms with Gasteiger partial charge in [-0.25, -0.2) is 4.98 Å². The molecule has 0 bridgehead atoms. The Labute approximate surface area is 124 Å². The van der Waals surface area contributed by atoms with Crippen LogP contribution in [0.4, 0.5) is 0 Å². The standard InChI is InChI=1S/C15H22N4S/c1-2-7-19-15(17-10-18-19)9-13(16)11-4-3-5-14-12(11)6-8-20-14/h6,8,10-11,13H,2-5,7,9,16H2,1H3. The van der Waals surface area contributed by atoms with Crippen molar-refractivity contribution in [3.63, 3.8) is 0 Å². The summed E-state index contributed by atoms with van der Waals surface area (Å²) in [6.07, 6.45) is 7.22. The average Bonchev–Trinajstić information content (AvgIpc) is 3.08. The fourth-order valence-electron chi connectivity index (χ4n) is 3.16. The third-order valence-corrected chi connectivity index (χ3v) is 5.16. The van der Waals surface area contributed by atoms with Crippen LogP contribution >= 0.6 is 11.3 Å². The van der Waals surface area contributed by atoms with Crippen LogP contribution in [-0.2, 0) is 19.4 Å². The highest BCUT2D eigenvalue weighted by Gasteiger charge is 2.27. The number of nitrogens with two attached hydrogens (primary N) is 1. The number of fused-ring (bicyclic) bond motifs is 1. The zero-order valence-corrected chi connectivity index (χ0v) is 12.8. The van der Waals surface area contributed by atoms with Crippen molar-refractivity contribution in [3.8, 4) is 0 Å². The molecule has 0 aromatic carbocycles. The van der Waals surface area contributed by atoms with Crippen molar-refractivity contribution in [2.75, 3.05) is 0 Å². The van der Waals surface area contributed by atoms with E-state index in [4.69, 9.17) is 5.73 Å². The lowest BCUT2D eigenvalue weighted by atomic mass is 9.81. The van der Waals surface area contributed by atoms with Gasteiger partial charge in [0.05, 0.1) is 0 Å². The van der Waals surface area contributed by atoms with E-state index in [1.807, 2.05) is 16.0 Å². The molecular weight excluding hydrogens is 268 g/mol. The van der Waals surface area contributed by atoms with Crippen molar-refractivity contribution in [2.24, 2.45) is 5.73 Å². The molecule has 2 atom stereocenters. The number of nitrogens with zero attached hydrogens (tertiary/aromatic N) is 3. The molecule has 2 unspecified atom stereocenters. The second-order valence-corrected chi connectivity index (χ2v) is 6.57. The summed E-state index contributed by atoms with van der Waals surface area (Å²) in [5.41, 5.74) is 7.98. The molecular formula is C15H22N4S. The smallest absolute Gasteiger partial charge is 0.138 e. The predicted molar refractivity (Wildman–Crippen MR) is 82.0 cm³/mol. The van der Waals surface area contributed by atoms with Crippen LogP contribution in [0.3, 0.4) is 0 Å². The zero-order chi connectivity index (χ0) is 13.9. The van der Waals surface area contributed by atoms with Gasteiger partial charge in [0, 0.05) is 29.8 Å². The monoisotopic (exact) mass is 290 g/mol. The summed E-state index contributed by atoms with van der Waals surface area (Å²) in [5, 5.41) is 6.49. The van der Waals surface area contributed by atoms with Gasteiger partial charge in [0.2, 0.25) is 0 Å². The third-order valence-electron chi connectivity index (χ3n) is 4.16. The minimum atomic E-state index is 0.142. The van der Waals surface area contributed by atoms with Crippen LogP contribution in [0.25, 0.3) is 0 Å². The lowest BCUT2D eigenvalue weighted by Gasteiger charge is -2.28. The Morgan fingerprint density at radius 2 is 2.45 bits per heavy atom. The molecule has 0 radical (unpaired) electrons. The largest absolute Gasteiger partial charge is 0.327 e. The van der Waals surface area contributed by atoms with Crippen LogP contribution in [0, 0.1) is 0 Å². The minimum absolute atomic E-state index is 0.142. The van der Waals surface area contributed by atoms with Gasteiger partial charge in [-0.1, -0.05) is 6.92 Å². The summed E-state index contributed by atoms with van der Waals surface area (Å²) in [7, 11) is 0. The van der Waals surface area contributed by atoms with E-state index in [1.54, 1.807) is 6.33 Å². The fourth-order valence-corrected chi connectivity index (χ4v) is 4.16. The van der Waals surface area contributed by atoms with Gasteiger partial charge in [0.1, 0.15) is 12.2 Å². The highest BCUT2D eigenvalue weighted by Crippen LogP contribution is 2.37. The molecule has 0 saturated carbocycles. The third kappa shape index (κ3) is 2.65. The van der Waals surface area contributed by atoms with Gasteiger partial charge in [0.15, 0.2) is 0 Å². The number of thiophene rings is 1. The summed E-state index contributed by atoms with van der Waals surface area (Å²) in [5.74, 6) is 1.51. The van der Waals surface area contributed by atoms with Crippen molar-refractivity contribution in [2.45, 2.75) is 57.5 Å². The quantitative estimate of drug-likeness (QED) is 0.921. The summed E-state index contributed by atoms with van der Waals surface area (Å²) in [6.45, 7) is 3.08. The van der Waals surface area contributed by atoms with E-state index < -0.39 is 0 Å². The maximum atomic E-state index is 6.50. The second-order valence-electron chi connectivity index (χ2n) is 5.57. The molecule has 4 nitrogen and oxygen atoms in total. The average molecular weight is 290 g/mol. The molecule has 0 fully saturated rings. The molecule has 0 aliphatic heterocycles. The molecule has 2 heterocycles. The fraction of sp³-hybridized carbons (Fsp3) is 0.600. The Bertz CT molecular complexity index is 560. The number of hydrogen-bond donors (Lipinski definition) is 1. The van der Waals surface area contributed by atoms with Crippen LogP contribution in [0.15, 0.2) is 17.8 Å². The summed E-state index contributed by atoms with van der Waals surface area (Å²) in [6, 6.07) is 2.41. The van der Waals surface area contributed by atoms with E-state index >= 15 is 0 Å². The molecule has 2 N–H and O–H groups in total. The maximum absolute atomic E-state index is 6.50. The summed E-state index contributed by atoms with van der Waals surface area (Å²) in [4.78, 5) is 5.92. The van der Waals surface area contributed by atoms with Gasteiger partial charge in [0.25, 0.3) is 0 Å². The second kappa shape index (κ2) is 6.06. The number of aromatic nitrogens is 3. The van der Waals surface area contributed by atoms with Gasteiger partial charge < -0.3 is 5.73 Å². The van der Waals surface area contributed by atoms with Crippen LogP contribution in [-0.4, -0.2) is 20.8 Å². The lowest BCUT2D eigenvalue weighted by Crippen LogP contribution is -2.33. The van der Waals surface area contributed by atoms with Crippen molar-refractivity contribution in [1.29, 1.82) is 0 Å². The zero-order valence-electron chi connectivity index (χ0n) is 12.0. The molecule has 0 saturated heterocycles. The molecule has 0 spiro atoms. The topological polar surface area (TPSA) is 56.7 Å². The Morgan fingerprint density at radius 1 is 1.55 bits per heavy atom. The molecule has 108 valence electrons. The molecule has 0 amide bonds. The van der Waals surface area contributed by atoms with Crippen LogP contribution in [0.2, 0.25) is 0 Å². The number of rotatable bonds is 5. The molecule has 2 aromatic rings. The van der Waals surface area contributed by atoms with Crippen LogP contribution in [0.1, 0.15) is 48.4 Å². The van der Waals surface area contributed by atoms with Gasteiger partial charge in [-0.15, -0.1) is 11.3 Å². The first-order valence-electron chi connectivity index (χ1n) is 7.48. The first kappa shape index (κ1) is 13.8. The van der Waals surface area contributed by atoms with Gasteiger partial charge in [-0.3, -0.25) is 4.68 Å². The minimum Gasteiger partial charge on any atom is -0.327 e. The maximum Gasteiger partial charge on any atom is 0.138 e. The van der Waals surface area contributed by atoms with Crippen molar-refractivity contribution in [1.82, 2.24) is 14.8 Å². The van der Waals surface area contributed by atoms with E-state index in [-0.39, 0.29) is 6.04 Å². The summed E-state index contributed by atoms with van der Waals surface area (Å²) < 4.78 is 2.00. The molecule has 1 aliphatic carbocycles. The van der Waals surface area contributed by atoms with E-state index in [1.165, 1.54) is 29.7 Å². The Kier molecular flexibility index (Phi) is 4.17. The first-order valence-corrected chi connectivity index (χ1v) is 8.36. The number of hydrogen-bond acceptors (Lipinski definition) is 4. The Balaban J connectivity index is 1.74. The molecule has 20 heavy (non-hydrogen) atoms. The van der Waals surface area contributed by atoms with Gasteiger partial charge in [-0.2, -0.15) is 5.10 Å². The van der Waals surface area contributed by atoms with Gasteiger partial charge >= 0.3 is 0 Å². The number of aryl methyl sites for hydroxylation is 2. The highest BCUT2D eigenvalue weighted by atomic mass is 32.1. The van der Waals surface area contributed by atoms with Crippen molar-refractivity contribution >= 4 is 11.3 Å². The molecule has 2 aromatic heterocycles. The lowest BCUT2D eigenvalue weighted by molar-refractivity contribution is 0.445. The SMILES string of the molecule is CCCn1ncnc1CC(N)C1CCCc2sccc21. The molecule has 3 rings (SSSR count). The van der Waals surface area contributed by atoms with Crippen LogP contribution in [0.5, 0.6) is 0 Å². The van der Waals surface area contributed by atoms with Crippen LogP contribution < -0.4 is 5.73 Å². The Morgan fingerprint density at radius 3 is 3.30 bits per heavy atom. The molecule has 1 aliphatic rings. The van der Waals surface area contributed by atoms with E-state index in [9.17, 15) is 0 Å². The Hall–Kier alpha value is -1.20. The normalized spacial score (nSPS) is 19.8. The predicted octanol–water partition coefficient (Wildman–Crippen LogP) is 2.74. The first-order chi connectivity index (χ1) is 9.79. The highest BCUT2D eigenvalue weighted by molar-refractivity contribution is 7.10. The van der Waals surface area contributed by atoms with E-state index in [0.717, 1.165) is 25.2 Å². The summed E-state index contributed by atoms with van der Waals surface area (Å²) >= 11 is 1.88. The van der Waals surface area contributed by atoms with E-state index in [0.29, 0.717) is 5.92 Å². The molecule has 5 heteroatoms. The van der Waals surface area contributed by atoms with Crippen molar-refractivity contribution < 1.29 is 0 Å². The van der Waals surface area contributed by atoms with E-state index in [2.05, 4.69) is 28.5 Å².